The Morgan fingerprint density at radius 2 is 1.84 bits per heavy atom. The summed E-state index contributed by atoms with van der Waals surface area (Å²) in [5, 5.41) is 26.2. The van der Waals surface area contributed by atoms with Crippen molar-refractivity contribution >= 4 is 16.9 Å². The molecule has 3 N–H and O–H groups in total. The molecule has 3 saturated heterocycles. The predicted octanol–water partition coefficient (Wildman–Crippen LogP) is 2.40. The van der Waals surface area contributed by atoms with Gasteiger partial charge >= 0.3 is 0 Å². The van der Waals surface area contributed by atoms with E-state index in [0.717, 1.165) is 56.3 Å². The fraction of sp³-hybridized carbons (Fsp3) is 0.571. The van der Waals surface area contributed by atoms with E-state index >= 15 is 0 Å². The first-order valence-corrected chi connectivity index (χ1v) is 13.7. The zero-order chi connectivity index (χ0) is 26.3. The van der Waals surface area contributed by atoms with E-state index in [4.69, 9.17) is 4.74 Å². The summed E-state index contributed by atoms with van der Waals surface area (Å²) in [5.74, 6) is 0.438. The molecule has 2 aromatic heterocycles. The number of rotatable bonds is 7. The number of aliphatic hydroxyl groups is 2. The van der Waals surface area contributed by atoms with Crippen molar-refractivity contribution in [2.24, 2.45) is 0 Å². The van der Waals surface area contributed by atoms with Crippen molar-refractivity contribution in [1.82, 2.24) is 24.3 Å². The molecule has 38 heavy (non-hydrogen) atoms. The first-order valence-electron chi connectivity index (χ1n) is 13.7. The van der Waals surface area contributed by atoms with E-state index in [9.17, 15) is 14.6 Å². The van der Waals surface area contributed by atoms with Crippen molar-refractivity contribution in [2.75, 3.05) is 45.1 Å². The highest BCUT2D eigenvalue weighted by Crippen LogP contribution is 2.40. The maximum Gasteiger partial charge on any atom is 0.164 e. The lowest BCUT2D eigenvalue weighted by atomic mass is 9.85. The largest absolute Gasteiger partial charge is 0.387 e. The Morgan fingerprint density at radius 1 is 1.05 bits per heavy atom. The lowest BCUT2D eigenvalue weighted by Gasteiger charge is -2.45. The Kier molecular flexibility index (Phi) is 7.09. The molecule has 1 aromatic carbocycles. The van der Waals surface area contributed by atoms with Gasteiger partial charge in [-0.1, -0.05) is 12.1 Å². The standard InChI is InChI=1S/C28H37FN6O3/c1-33-15-10-28(11-16-33)9-2-13-34(28)17-22-23(36)24(37)27(38-22)35-14-8-21-25(31-18-32-26(21)35)30-12-7-19-3-5-20(29)6-4-19/h3-6,8,14,18,22-24,27,36-37H,2,7,9-13,15-17H2,1H3,(H,30,31,32)/t22-,23-,24-,27-/m1/s1. The third kappa shape index (κ3) is 4.80. The lowest BCUT2D eigenvalue weighted by Crippen LogP contribution is -2.54. The zero-order valence-corrected chi connectivity index (χ0v) is 21.8. The molecule has 3 fully saturated rings. The van der Waals surface area contributed by atoms with Gasteiger partial charge in [0.25, 0.3) is 0 Å². The zero-order valence-electron chi connectivity index (χ0n) is 21.8. The third-order valence-corrected chi connectivity index (χ3v) is 8.80. The Balaban J connectivity index is 1.14. The van der Waals surface area contributed by atoms with Crippen LogP contribution in [0.2, 0.25) is 0 Å². The van der Waals surface area contributed by atoms with Crippen molar-refractivity contribution in [1.29, 1.82) is 0 Å². The van der Waals surface area contributed by atoms with Gasteiger partial charge in [0.05, 0.1) is 5.39 Å². The van der Waals surface area contributed by atoms with Crippen LogP contribution in [-0.2, 0) is 11.2 Å². The van der Waals surface area contributed by atoms with E-state index in [0.29, 0.717) is 24.6 Å². The van der Waals surface area contributed by atoms with Crippen LogP contribution in [0.25, 0.3) is 11.0 Å². The van der Waals surface area contributed by atoms with Crippen LogP contribution in [0.4, 0.5) is 10.2 Å². The second kappa shape index (κ2) is 10.5. The molecule has 6 rings (SSSR count). The predicted molar refractivity (Wildman–Crippen MR) is 142 cm³/mol. The molecule has 0 amide bonds. The maximum atomic E-state index is 13.2. The quantitative estimate of drug-likeness (QED) is 0.434. The summed E-state index contributed by atoms with van der Waals surface area (Å²) in [6, 6.07) is 8.38. The van der Waals surface area contributed by atoms with Gasteiger partial charge in [-0.3, -0.25) is 4.90 Å². The van der Waals surface area contributed by atoms with Crippen molar-refractivity contribution < 1.29 is 19.3 Å². The van der Waals surface area contributed by atoms with Gasteiger partial charge in [0, 0.05) is 24.8 Å². The van der Waals surface area contributed by atoms with Gasteiger partial charge in [-0.05, 0) is 82.5 Å². The highest BCUT2D eigenvalue weighted by molar-refractivity contribution is 5.87. The van der Waals surface area contributed by atoms with Crippen LogP contribution >= 0.6 is 0 Å². The second-order valence-corrected chi connectivity index (χ2v) is 11.1. The molecule has 5 heterocycles. The Labute approximate surface area is 222 Å². The highest BCUT2D eigenvalue weighted by atomic mass is 19.1. The number of anilines is 1. The van der Waals surface area contributed by atoms with E-state index in [2.05, 4.69) is 32.1 Å². The number of benzene rings is 1. The molecule has 3 aromatic rings. The summed E-state index contributed by atoms with van der Waals surface area (Å²) in [7, 11) is 2.17. The summed E-state index contributed by atoms with van der Waals surface area (Å²) in [5.41, 5.74) is 1.85. The number of hydrogen-bond acceptors (Lipinski definition) is 8. The summed E-state index contributed by atoms with van der Waals surface area (Å²) in [6.45, 7) is 4.42. The van der Waals surface area contributed by atoms with Crippen molar-refractivity contribution in [2.45, 2.75) is 62.2 Å². The molecule has 3 aliphatic heterocycles. The van der Waals surface area contributed by atoms with Crippen molar-refractivity contribution in [3.63, 3.8) is 0 Å². The summed E-state index contributed by atoms with van der Waals surface area (Å²) < 4.78 is 21.3. The van der Waals surface area contributed by atoms with Gasteiger partial charge in [-0.2, -0.15) is 0 Å². The molecule has 4 atom stereocenters. The average molecular weight is 525 g/mol. The number of fused-ring (bicyclic) bond motifs is 1. The van der Waals surface area contributed by atoms with E-state index in [1.807, 2.05) is 12.3 Å². The minimum atomic E-state index is -1.06. The third-order valence-electron chi connectivity index (χ3n) is 8.80. The number of piperidine rings is 1. The fourth-order valence-electron chi connectivity index (χ4n) is 6.50. The Hall–Kier alpha value is -2.63. The SMILES string of the molecule is CN1CCC2(CCCN2C[C@H]2O[C@@H](n3ccc4c(NCCc5ccc(F)cc5)ncnc43)[C@H](O)[C@@H]2O)CC1. The van der Waals surface area contributed by atoms with Gasteiger partial charge in [-0.15, -0.1) is 0 Å². The average Bonchev–Trinajstić information content (AvgIpc) is 3.60. The summed E-state index contributed by atoms with van der Waals surface area (Å²) in [6.07, 6.45) is 5.42. The molecule has 0 saturated carbocycles. The lowest BCUT2D eigenvalue weighted by molar-refractivity contribution is -0.0569. The second-order valence-electron chi connectivity index (χ2n) is 11.1. The van der Waals surface area contributed by atoms with E-state index in [1.54, 1.807) is 16.7 Å². The highest BCUT2D eigenvalue weighted by Gasteiger charge is 2.49. The van der Waals surface area contributed by atoms with Gasteiger partial charge < -0.3 is 29.7 Å². The van der Waals surface area contributed by atoms with Crippen molar-refractivity contribution in [3.8, 4) is 0 Å². The van der Waals surface area contributed by atoms with Gasteiger partial charge in [0.2, 0.25) is 0 Å². The number of ether oxygens (including phenoxy) is 1. The molecular weight excluding hydrogens is 487 g/mol. The van der Waals surface area contributed by atoms with Crippen LogP contribution in [0.5, 0.6) is 0 Å². The molecule has 0 aliphatic carbocycles. The van der Waals surface area contributed by atoms with Crippen LogP contribution in [-0.4, -0.2) is 98.2 Å². The van der Waals surface area contributed by atoms with Gasteiger partial charge in [0.1, 0.15) is 41.9 Å². The monoisotopic (exact) mass is 524 g/mol. The van der Waals surface area contributed by atoms with Crippen LogP contribution in [0.3, 0.4) is 0 Å². The minimum Gasteiger partial charge on any atom is -0.387 e. The topological polar surface area (TPSA) is 98.9 Å². The van der Waals surface area contributed by atoms with Crippen LogP contribution in [0, 0.1) is 5.82 Å². The number of nitrogens with zero attached hydrogens (tertiary/aromatic N) is 5. The molecular formula is C28H37FN6O3. The van der Waals surface area contributed by atoms with Crippen molar-refractivity contribution in [3.05, 3.63) is 54.2 Å². The van der Waals surface area contributed by atoms with Gasteiger partial charge in [0.15, 0.2) is 6.23 Å². The molecule has 204 valence electrons. The number of halogens is 1. The number of nitrogens with one attached hydrogen (secondary N) is 1. The van der Waals surface area contributed by atoms with Crippen LogP contribution in [0.1, 0.15) is 37.5 Å². The molecule has 1 spiro atoms. The molecule has 9 nitrogen and oxygen atoms in total. The van der Waals surface area contributed by atoms with E-state index < -0.39 is 24.5 Å². The van der Waals surface area contributed by atoms with Gasteiger partial charge in [-0.25, -0.2) is 14.4 Å². The summed E-state index contributed by atoms with van der Waals surface area (Å²) in [4.78, 5) is 13.8. The first-order chi connectivity index (χ1) is 18.4. The van der Waals surface area contributed by atoms with Crippen LogP contribution < -0.4 is 5.32 Å². The molecule has 0 bridgehead atoms. The minimum absolute atomic E-state index is 0.181. The molecule has 3 aliphatic rings. The Bertz CT molecular complexity index is 1250. The number of likely N-dealkylation sites (tertiary alicyclic amines) is 2. The molecule has 10 heteroatoms. The van der Waals surface area contributed by atoms with Crippen LogP contribution in [0.15, 0.2) is 42.9 Å². The smallest absolute Gasteiger partial charge is 0.164 e. The summed E-state index contributed by atoms with van der Waals surface area (Å²) >= 11 is 0. The number of hydrogen-bond donors (Lipinski definition) is 3. The van der Waals surface area contributed by atoms with E-state index in [-0.39, 0.29) is 11.4 Å². The maximum absolute atomic E-state index is 13.2. The Morgan fingerprint density at radius 3 is 2.63 bits per heavy atom. The fourth-order valence-corrected chi connectivity index (χ4v) is 6.50. The molecule has 0 unspecified atom stereocenters. The van der Waals surface area contributed by atoms with E-state index in [1.165, 1.54) is 24.9 Å². The normalized spacial score (nSPS) is 28.0. The number of aliphatic hydroxyl groups excluding tert-OH is 2. The first kappa shape index (κ1) is 25.6. The number of aromatic nitrogens is 3. The molecule has 0 radical (unpaired) electrons.